The summed E-state index contributed by atoms with van der Waals surface area (Å²) in [6.07, 6.45) is 0. The lowest BCUT2D eigenvalue weighted by Crippen LogP contribution is -2.48. The molecule has 6 nitrogen and oxygen atoms in total. The number of amides is 2. The Morgan fingerprint density at radius 3 is 2.62 bits per heavy atom. The Kier molecular flexibility index (Phi) is 5.19. The third-order valence-corrected chi connectivity index (χ3v) is 3.99. The van der Waals surface area contributed by atoms with E-state index in [1.807, 2.05) is 19.1 Å². The lowest BCUT2D eigenvalue weighted by molar-refractivity contribution is -0.142. The van der Waals surface area contributed by atoms with Gasteiger partial charge in [0.2, 0.25) is 0 Å². The Hall–Kier alpha value is -1.60. The molecule has 114 valence electrons. The standard InChI is InChI=1S/C14H17BrN2O4/c1-2-17(12-8-21-7-11(12)13(18)19)14(20)16-10-5-3-9(15)4-6-10/h3-6,11-12H,2,7-8H2,1H3,(H,16,20)(H,18,19). The number of carboxylic acids is 1. The molecule has 2 amide bonds. The van der Waals surface area contributed by atoms with Gasteiger partial charge in [0.05, 0.1) is 19.3 Å². The topological polar surface area (TPSA) is 78.9 Å². The number of carbonyl (C=O) groups excluding carboxylic acids is 1. The fourth-order valence-corrected chi connectivity index (χ4v) is 2.61. The minimum atomic E-state index is -0.938. The molecule has 1 aromatic carbocycles. The summed E-state index contributed by atoms with van der Waals surface area (Å²) in [6, 6.07) is 6.44. The van der Waals surface area contributed by atoms with Gasteiger partial charge in [0.1, 0.15) is 5.92 Å². The van der Waals surface area contributed by atoms with Crippen LogP contribution in [0, 0.1) is 5.92 Å². The van der Waals surface area contributed by atoms with E-state index in [9.17, 15) is 14.7 Å². The average molecular weight is 357 g/mol. The molecule has 0 aromatic heterocycles. The van der Waals surface area contributed by atoms with Gasteiger partial charge in [-0.15, -0.1) is 0 Å². The minimum Gasteiger partial charge on any atom is -0.481 e. The number of ether oxygens (including phenoxy) is 1. The minimum absolute atomic E-state index is 0.141. The molecule has 1 aliphatic heterocycles. The summed E-state index contributed by atoms with van der Waals surface area (Å²) in [4.78, 5) is 25.1. The number of nitrogens with zero attached hydrogens (tertiary/aromatic N) is 1. The first-order valence-electron chi connectivity index (χ1n) is 6.66. The molecule has 0 bridgehead atoms. The summed E-state index contributed by atoms with van der Waals surface area (Å²) in [6.45, 7) is 2.62. The van der Waals surface area contributed by atoms with Crippen molar-refractivity contribution in [3.05, 3.63) is 28.7 Å². The highest BCUT2D eigenvalue weighted by Crippen LogP contribution is 2.21. The maximum absolute atomic E-state index is 12.3. The van der Waals surface area contributed by atoms with Crippen LogP contribution in [0.2, 0.25) is 0 Å². The van der Waals surface area contributed by atoms with Gasteiger partial charge in [0.15, 0.2) is 0 Å². The molecule has 0 radical (unpaired) electrons. The van der Waals surface area contributed by atoms with Gasteiger partial charge in [0.25, 0.3) is 0 Å². The largest absolute Gasteiger partial charge is 0.481 e. The molecular formula is C14H17BrN2O4. The van der Waals surface area contributed by atoms with E-state index < -0.39 is 17.9 Å². The molecule has 1 aromatic rings. The third-order valence-electron chi connectivity index (χ3n) is 3.47. The van der Waals surface area contributed by atoms with E-state index in [4.69, 9.17) is 4.74 Å². The molecule has 2 rings (SSSR count). The Balaban J connectivity index is 2.07. The van der Waals surface area contributed by atoms with Crippen molar-refractivity contribution in [3.8, 4) is 0 Å². The first-order valence-corrected chi connectivity index (χ1v) is 7.46. The van der Waals surface area contributed by atoms with Crippen molar-refractivity contribution in [1.82, 2.24) is 4.90 Å². The van der Waals surface area contributed by atoms with E-state index in [1.165, 1.54) is 4.90 Å². The lowest BCUT2D eigenvalue weighted by atomic mass is 10.0. The van der Waals surface area contributed by atoms with Crippen molar-refractivity contribution in [2.45, 2.75) is 13.0 Å². The summed E-state index contributed by atoms with van der Waals surface area (Å²) >= 11 is 3.33. The number of likely N-dealkylation sites (N-methyl/N-ethyl adjacent to an activating group) is 1. The van der Waals surface area contributed by atoms with Gasteiger partial charge in [-0.1, -0.05) is 15.9 Å². The van der Waals surface area contributed by atoms with Crippen molar-refractivity contribution in [3.63, 3.8) is 0 Å². The van der Waals surface area contributed by atoms with Crippen LogP contribution in [0.1, 0.15) is 6.92 Å². The third kappa shape index (κ3) is 3.74. The molecule has 2 atom stereocenters. The van der Waals surface area contributed by atoms with Gasteiger partial charge in [0, 0.05) is 16.7 Å². The van der Waals surface area contributed by atoms with Gasteiger partial charge in [-0.2, -0.15) is 0 Å². The summed E-state index contributed by atoms with van der Waals surface area (Å²) < 4.78 is 6.14. The number of benzene rings is 1. The molecule has 0 saturated carbocycles. The molecule has 1 aliphatic rings. The van der Waals surface area contributed by atoms with Gasteiger partial charge in [-0.25, -0.2) is 4.79 Å². The van der Waals surface area contributed by atoms with Crippen molar-refractivity contribution in [1.29, 1.82) is 0 Å². The summed E-state index contributed by atoms with van der Waals surface area (Å²) in [7, 11) is 0. The number of anilines is 1. The quantitative estimate of drug-likeness (QED) is 0.868. The highest BCUT2D eigenvalue weighted by molar-refractivity contribution is 9.10. The van der Waals surface area contributed by atoms with Crippen LogP contribution < -0.4 is 5.32 Å². The second-order valence-electron chi connectivity index (χ2n) is 4.77. The maximum Gasteiger partial charge on any atom is 0.322 e. The Morgan fingerprint density at radius 1 is 1.38 bits per heavy atom. The van der Waals surface area contributed by atoms with E-state index >= 15 is 0 Å². The average Bonchev–Trinajstić information content (AvgIpc) is 2.91. The molecule has 0 aliphatic carbocycles. The number of rotatable bonds is 4. The monoisotopic (exact) mass is 356 g/mol. The first-order chi connectivity index (χ1) is 10.0. The number of aliphatic carboxylic acids is 1. The molecular weight excluding hydrogens is 340 g/mol. The number of carbonyl (C=O) groups is 2. The number of hydrogen-bond acceptors (Lipinski definition) is 3. The first kappa shape index (κ1) is 15.8. The highest BCUT2D eigenvalue weighted by Gasteiger charge is 2.39. The molecule has 2 N–H and O–H groups in total. The van der Waals surface area contributed by atoms with Gasteiger partial charge >= 0.3 is 12.0 Å². The van der Waals surface area contributed by atoms with Crippen LogP contribution in [-0.4, -0.2) is 47.8 Å². The fraction of sp³-hybridized carbons (Fsp3) is 0.429. The zero-order chi connectivity index (χ0) is 15.4. The van der Waals surface area contributed by atoms with Crippen LogP contribution in [0.15, 0.2) is 28.7 Å². The molecule has 7 heteroatoms. The van der Waals surface area contributed by atoms with E-state index in [0.717, 1.165) is 4.47 Å². The SMILES string of the molecule is CCN(C(=O)Nc1ccc(Br)cc1)C1COCC1C(=O)O. The van der Waals surface area contributed by atoms with Crippen molar-refractivity contribution in [2.24, 2.45) is 5.92 Å². The fourth-order valence-electron chi connectivity index (χ4n) is 2.34. The highest BCUT2D eigenvalue weighted by atomic mass is 79.9. The number of hydrogen-bond donors (Lipinski definition) is 2. The summed E-state index contributed by atoms with van der Waals surface area (Å²) in [5.41, 5.74) is 0.660. The van der Waals surface area contributed by atoms with Crippen LogP contribution >= 0.6 is 15.9 Å². The van der Waals surface area contributed by atoms with Crippen molar-refractivity contribution in [2.75, 3.05) is 25.1 Å². The number of halogens is 1. The number of nitrogens with one attached hydrogen (secondary N) is 1. The molecule has 1 saturated heterocycles. The lowest BCUT2D eigenvalue weighted by Gasteiger charge is -2.29. The molecule has 1 fully saturated rings. The molecule has 21 heavy (non-hydrogen) atoms. The van der Waals surface area contributed by atoms with Crippen molar-refractivity contribution < 1.29 is 19.4 Å². The Labute approximate surface area is 131 Å². The van der Waals surface area contributed by atoms with E-state index in [-0.39, 0.29) is 19.2 Å². The number of urea groups is 1. The molecule has 2 unspecified atom stereocenters. The second-order valence-corrected chi connectivity index (χ2v) is 5.69. The van der Waals surface area contributed by atoms with Crippen LogP contribution in [0.25, 0.3) is 0 Å². The predicted octanol–water partition coefficient (Wildman–Crippen LogP) is 2.40. The Morgan fingerprint density at radius 2 is 2.05 bits per heavy atom. The van der Waals surface area contributed by atoms with Gasteiger partial charge in [-0.3, -0.25) is 4.79 Å². The number of carboxylic acid groups (broad SMARTS) is 1. The van der Waals surface area contributed by atoms with Gasteiger partial charge in [-0.05, 0) is 31.2 Å². The molecule has 0 spiro atoms. The van der Waals surface area contributed by atoms with E-state index in [2.05, 4.69) is 21.2 Å². The normalized spacial score (nSPS) is 21.0. The van der Waals surface area contributed by atoms with Crippen LogP contribution in [0.5, 0.6) is 0 Å². The summed E-state index contributed by atoms with van der Waals surface area (Å²) in [5, 5.41) is 12.0. The maximum atomic E-state index is 12.3. The zero-order valence-corrected chi connectivity index (χ0v) is 13.2. The van der Waals surface area contributed by atoms with E-state index in [0.29, 0.717) is 12.2 Å². The summed E-state index contributed by atoms with van der Waals surface area (Å²) in [5.74, 6) is -1.62. The Bertz CT molecular complexity index is 520. The van der Waals surface area contributed by atoms with Crippen molar-refractivity contribution >= 4 is 33.6 Å². The van der Waals surface area contributed by atoms with Crippen LogP contribution in [-0.2, 0) is 9.53 Å². The molecule has 1 heterocycles. The van der Waals surface area contributed by atoms with Crippen LogP contribution in [0.4, 0.5) is 10.5 Å². The predicted molar refractivity (Wildman–Crippen MR) is 81.3 cm³/mol. The smallest absolute Gasteiger partial charge is 0.322 e. The van der Waals surface area contributed by atoms with E-state index in [1.54, 1.807) is 12.1 Å². The second kappa shape index (κ2) is 6.91. The van der Waals surface area contributed by atoms with Crippen LogP contribution in [0.3, 0.4) is 0 Å². The van der Waals surface area contributed by atoms with Gasteiger partial charge < -0.3 is 20.1 Å². The zero-order valence-electron chi connectivity index (χ0n) is 11.6.